The van der Waals surface area contributed by atoms with Crippen molar-refractivity contribution in [2.24, 2.45) is 5.92 Å². The minimum absolute atomic E-state index is 0.525. The Balaban J connectivity index is 1.58. The maximum atomic E-state index is 4.37. The molecule has 4 heteroatoms. The van der Waals surface area contributed by atoms with Crippen LogP contribution in [-0.2, 0) is 25.9 Å². The highest BCUT2D eigenvalue weighted by molar-refractivity contribution is 5.33. The molecule has 2 aromatic rings. The lowest BCUT2D eigenvalue weighted by atomic mass is 10.1. The van der Waals surface area contributed by atoms with Gasteiger partial charge in [0.05, 0.1) is 6.54 Å². The highest BCUT2D eigenvalue weighted by Gasteiger charge is 2.20. The number of rotatable bonds is 5. The van der Waals surface area contributed by atoms with Gasteiger partial charge in [-0.1, -0.05) is 38.1 Å². The molecule has 1 N–H and O–H groups in total. The van der Waals surface area contributed by atoms with Crippen LogP contribution < -0.4 is 5.32 Å². The number of benzene rings is 1. The lowest BCUT2D eigenvalue weighted by Gasteiger charge is -2.13. The molecule has 4 nitrogen and oxygen atoms in total. The minimum atomic E-state index is 0.525. The third-order valence-electron chi connectivity index (χ3n) is 3.83. The fraction of sp³-hybridized carbons (Fsp3) is 0.500. The highest BCUT2D eigenvalue weighted by atomic mass is 15.3. The fourth-order valence-electron chi connectivity index (χ4n) is 2.86. The molecule has 0 aliphatic heterocycles. The van der Waals surface area contributed by atoms with E-state index in [2.05, 4.69) is 53.5 Å². The van der Waals surface area contributed by atoms with Gasteiger partial charge in [-0.15, -0.1) is 0 Å². The first-order chi connectivity index (χ1) is 9.72. The quantitative estimate of drug-likeness (QED) is 0.905. The highest BCUT2D eigenvalue weighted by Crippen LogP contribution is 2.21. The van der Waals surface area contributed by atoms with E-state index >= 15 is 0 Å². The van der Waals surface area contributed by atoms with E-state index in [4.69, 9.17) is 0 Å². The van der Waals surface area contributed by atoms with E-state index in [0.29, 0.717) is 12.0 Å². The Labute approximate surface area is 120 Å². The lowest BCUT2D eigenvalue weighted by molar-refractivity contribution is 0.444. The molecule has 0 saturated carbocycles. The standard InChI is InChI=1S/C16H22N4/c1-12(2)10-20-16(18-11-19-20)9-17-15-7-13-5-3-4-6-14(13)8-15/h3-6,11-12,15,17H,7-10H2,1-2H3. The normalized spacial score (nSPS) is 14.9. The summed E-state index contributed by atoms with van der Waals surface area (Å²) in [6.07, 6.45) is 3.89. The van der Waals surface area contributed by atoms with E-state index in [1.54, 1.807) is 6.33 Å². The summed E-state index contributed by atoms with van der Waals surface area (Å²) < 4.78 is 2.01. The van der Waals surface area contributed by atoms with Crippen LogP contribution in [-0.4, -0.2) is 20.8 Å². The summed E-state index contributed by atoms with van der Waals surface area (Å²) in [5.74, 6) is 1.63. The van der Waals surface area contributed by atoms with Crippen LogP contribution in [0.3, 0.4) is 0 Å². The maximum Gasteiger partial charge on any atom is 0.140 e. The van der Waals surface area contributed by atoms with Crippen LogP contribution in [0.1, 0.15) is 30.8 Å². The molecular formula is C16H22N4. The van der Waals surface area contributed by atoms with Crippen LogP contribution in [0.15, 0.2) is 30.6 Å². The molecule has 0 unspecified atom stereocenters. The summed E-state index contributed by atoms with van der Waals surface area (Å²) in [6.45, 7) is 6.13. The summed E-state index contributed by atoms with van der Waals surface area (Å²) in [7, 11) is 0. The van der Waals surface area contributed by atoms with Gasteiger partial charge in [-0.05, 0) is 29.9 Å². The molecule has 20 heavy (non-hydrogen) atoms. The van der Waals surface area contributed by atoms with Crippen LogP contribution in [0.5, 0.6) is 0 Å². The molecule has 0 radical (unpaired) electrons. The zero-order chi connectivity index (χ0) is 13.9. The SMILES string of the molecule is CC(C)Cn1ncnc1CNC1Cc2ccccc2C1. The Kier molecular flexibility index (Phi) is 3.83. The number of hydrogen-bond donors (Lipinski definition) is 1. The molecule has 0 amide bonds. The van der Waals surface area contributed by atoms with Crippen molar-refractivity contribution in [1.29, 1.82) is 0 Å². The predicted molar refractivity (Wildman–Crippen MR) is 79.3 cm³/mol. The number of aromatic nitrogens is 3. The monoisotopic (exact) mass is 270 g/mol. The maximum absolute atomic E-state index is 4.37. The minimum Gasteiger partial charge on any atom is -0.306 e. The average Bonchev–Trinajstić information content (AvgIpc) is 3.01. The number of hydrogen-bond acceptors (Lipinski definition) is 3. The van der Waals surface area contributed by atoms with Crippen molar-refractivity contribution in [1.82, 2.24) is 20.1 Å². The van der Waals surface area contributed by atoms with E-state index in [1.807, 2.05) is 4.68 Å². The Bertz CT molecular complexity index is 548. The molecule has 0 atom stereocenters. The first-order valence-electron chi connectivity index (χ1n) is 7.39. The summed E-state index contributed by atoms with van der Waals surface area (Å²) in [5.41, 5.74) is 2.96. The lowest BCUT2D eigenvalue weighted by Crippen LogP contribution is -2.30. The van der Waals surface area contributed by atoms with Gasteiger partial charge in [0.15, 0.2) is 0 Å². The number of fused-ring (bicyclic) bond motifs is 1. The third kappa shape index (κ3) is 2.90. The van der Waals surface area contributed by atoms with Crippen molar-refractivity contribution in [2.75, 3.05) is 0 Å². The third-order valence-corrected chi connectivity index (χ3v) is 3.83. The van der Waals surface area contributed by atoms with Crippen molar-refractivity contribution in [3.63, 3.8) is 0 Å². The van der Waals surface area contributed by atoms with Crippen LogP contribution in [0.4, 0.5) is 0 Å². The fourth-order valence-corrected chi connectivity index (χ4v) is 2.86. The Morgan fingerprint density at radius 3 is 2.60 bits per heavy atom. The van der Waals surface area contributed by atoms with Crippen molar-refractivity contribution in [2.45, 2.75) is 45.8 Å². The van der Waals surface area contributed by atoms with Gasteiger partial charge < -0.3 is 5.32 Å². The molecule has 1 aliphatic carbocycles. The number of nitrogens with zero attached hydrogens (tertiary/aromatic N) is 3. The smallest absolute Gasteiger partial charge is 0.140 e. The molecule has 0 bridgehead atoms. The second-order valence-corrected chi connectivity index (χ2v) is 6.01. The second-order valence-electron chi connectivity index (χ2n) is 6.01. The molecular weight excluding hydrogens is 248 g/mol. The van der Waals surface area contributed by atoms with Crippen molar-refractivity contribution >= 4 is 0 Å². The van der Waals surface area contributed by atoms with Gasteiger partial charge in [0, 0.05) is 12.6 Å². The van der Waals surface area contributed by atoms with E-state index in [1.165, 1.54) is 11.1 Å². The van der Waals surface area contributed by atoms with E-state index in [-0.39, 0.29) is 0 Å². The van der Waals surface area contributed by atoms with Crippen molar-refractivity contribution < 1.29 is 0 Å². The molecule has 1 heterocycles. The van der Waals surface area contributed by atoms with E-state index < -0.39 is 0 Å². The topological polar surface area (TPSA) is 42.7 Å². The molecule has 1 aromatic heterocycles. The van der Waals surface area contributed by atoms with Crippen molar-refractivity contribution in [3.8, 4) is 0 Å². The van der Waals surface area contributed by atoms with Gasteiger partial charge in [-0.2, -0.15) is 5.10 Å². The molecule has 1 aliphatic rings. The van der Waals surface area contributed by atoms with Crippen molar-refractivity contribution in [3.05, 3.63) is 47.5 Å². The summed E-state index contributed by atoms with van der Waals surface area (Å²) in [6, 6.07) is 9.24. The Morgan fingerprint density at radius 2 is 1.95 bits per heavy atom. The average molecular weight is 270 g/mol. The first-order valence-corrected chi connectivity index (χ1v) is 7.39. The molecule has 106 valence electrons. The molecule has 0 fully saturated rings. The largest absolute Gasteiger partial charge is 0.306 e. The first kappa shape index (κ1) is 13.3. The Hall–Kier alpha value is -1.68. The predicted octanol–water partition coefficient (Wildman–Crippen LogP) is 2.19. The molecule has 0 saturated heterocycles. The van der Waals surface area contributed by atoms with E-state index in [9.17, 15) is 0 Å². The van der Waals surface area contributed by atoms with Crippen LogP contribution >= 0.6 is 0 Å². The molecule has 3 rings (SSSR count). The van der Waals surface area contributed by atoms with E-state index in [0.717, 1.165) is 31.8 Å². The van der Waals surface area contributed by atoms with Crippen LogP contribution in [0.2, 0.25) is 0 Å². The van der Waals surface area contributed by atoms with Crippen LogP contribution in [0, 0.1) is 5.92 Å². The zero-order valence-electron chi connectivity index (χ0n) is 12.2. The van der Waals surface area contributed by atoms with Gasteiger partial charge in [0.1, 0.15) is 12.2 Å². The van der Waals surface area contributed by atoms with Gasteiger partial charge >= 0.3 is 0 Å². The second kappa shape index (κ2) is 5.75. The van der Waals surface area contributed by atoms with Gasteiger partial charge in [-0.3, -0.25) is 0 Å². The van der Waals surface area contributed by atoms with Gasteiger partial charge in [-0.25, -0.2) is 9.67 Å². The summed E-state index contributed by atoms with van der Waals surface area (Å²) in [4.78, 5) is 4.37. The Morgan fingerprint density at radius 1 is 1.25 bits per heavy atom. The van der Waals surface area contributed by atoms with Gasteiger partial charge in [0.25, 0.3) is 0 Å². The number of nitrogens with one attached hydrogen (secondary N) is 1. The summed E-state index contributed by atoms with van der Waals surface area (Å²) in [5, 5.41) is 7.93. The summed E-state index contributed by atoms with van der Waals surface area (Å²) >= 11 is 0. The molecule has 1 aromatic carbocycles. The van der Waals surface area contributed by atoms with Gasteiger partial charge in [0.2, 0.25) is 0 Å². The molecule has 0 spiro atoms. The zero-order valence-corrected chi connectivity index (χ0v) is 12.2. The van der Waals surface area contributed by atoms with Crippen LogP contribution in [0.25, 0.3) is 0 Å².